The van der Waals surface area contributed by atoms with Crippen LogP contribution in [0.1, 0.15) is 47.9 Å². The molecule has 2 atom stereocenters. The van der Waals surface area contributed by atoms with E-state index in [1.165, 1.54) is 66.6 Å². The van der Waals surface area contributed by atoms with E-state index in [1.807, 2.05) is 0 Å². The molecule has 146 valence electrons. The number of rotatable bonds is 3. The summed E-state index contributed by atoms with van der Waals surface area (Å²) >= 11 is 1.49. The molecule has 27 heavy (non-hydrogen) atoms. The maximum absolute atomic E-state index is 12.7. The SMILES string of the molecule is CN1CCC2CCN(SNC(=O)Nc3c4c(cc5c3CCC5)CCC4)CC21. The van der Waals surface area contributed by atoms with Crippen molar-refractivity contribution in [2.24, 2.45) is 5.92 Å². The van der Waals surface area contributed by atoms with E-state index in [4.69, 9.17) is 0 Å². The molecule has 2 N–H and O–H groups in total. The zero-order chi connectivity index (χ0) is 18.4. The molecule has 0 saturated carbocycles. The van der Waals surface area contributed by atoms with Gasteiger partial charge in [-0.15, -0.1) is 0 Å². The first-order valence-corrected chi connectivity index (χ1v) is 11.3. The van der Waals surface area contributed by atoms with Crippen LogP contribution in [0.2, 0.25) is 0 Å². The number of amides is 2. The highest BCUT2D eigenvalue weighted by Crippen LogP contribution is 2.38. The molecule has 1 aromatic carbocycles. The number of nitrogens with zero attached hydrogens (tertiary/aromatic N) is 2. The Balaban J connectivity index is 1.22. The Labute approximate surface area is 166 Å². The average Bonchev–Trinajstić information content (AvgIpc) is 3.40. The molecule has 4 aliphatic rings. The van der Waals surface area contributed by atoms with Crippen molar-refractivity contribution in [1.29, 1.82) is 0 Å². The lowest BCUT2D eigenvalue weighted by Gasteiger charge is -2.36. The fourth-order valence-electron chi connectivity index (χ4n) is 5.62. The summed E-state index contributed by atoms with van der Waals surface area (Å²) in [6, 6.07) is 2.98. The smallest absolute Gasteiger partial charge is 0.307 e. The Morgan fingerprint density at radius 1 is 1.07 bits per heavy atom. The second-order valence-electron chi connectivity index (χ2n) is 8.65. The number of carbonyl (C=O) groups excluding carboxylic acids is 1. The monoisotopic (exact) mass is 386 g/mol. The molecule has 2 heterocycles. The first-order chi connectivity index (χ1) is 13.2. The van der Waals surface area contributed by atoms with Crippen molar-refractivity contribution in [2.45, 2.75) is 57.4 Å². The molecule has 6 heteroatoms. The lowest BCUT2D eigenvalue weighted by atomic mass is 9.93. The zero-order valence-electron chi connectivity index (χ0n) is 16.2. The lowest BCUT2D eigenvalue weighted by molar-refractivity contribution is 0.182. The summed E-state index contributed by atoms with van der Waals surface area (Å²) < 4.78 is 5.37. The second-order valence-corrected chi connectivity index (χ2v) is 9.56. The normalized spacial score (nSPS) is 27.3. The van der Waals surface area contributed by atoms with Crippen LogP contribution in [0, 0.1) is 5.92 Å². The first-order valence-electron chi connectivity index (χ1n) is 10.5. The van der Waals surface area contributed by atoms with E-state index in [-0.39, 0.29) is 6.03 Å². The van der Waals surface area contributed by atoms with Gasteiger partial charge in [-0.1, -0.05) is 6.07 Å². The molecule has 2 aliphatic heterocycles. The number of carbonyl (C=O) groups is 1. The van der Waals surface area contributed by atoms with Crippen LogP contribution < -0.4 is 10.0 Å². The van der Waals surface area contributed by atoms with E-state index in [0.717, 1.165) is 50.4 Å². The number of benzene rings is 1. The molecular formula is C21H30N4OS. The number of hydrogen-bond donors (Lipinski definition) is 2. The van der Waals surface area contributed by atoms with E-state index < -0.39 is 0 Å². The zero-order valence-corrected chi connectivity index (χ0v) is 17.0. The van der Waals surface area contributed by atoms with Crippen LogP contribution >= 0.6 is 12.1 Å². The third kappa shape index (κ3) is 3.36. The Kier molecular flexibility index (Phi) is 4.82. The van der Waals surface area contributed by atoms with Gasteiger partial charge in [0.15, 0.2) is 0 Å². The molecule has 0 aromatic heterocycles. The molecule has 2 aliphatic carbocycles. The number of nitrogens with one attached hydrogen (secondary N) is 2. The van der Waals surface area contributed by atoms with Gasteiger partial charge in [0.05, 0.1) is 0 Å². The van der Waals surface area contributed by atoms with Crippen LogP contribution in [0.25, 0.3) is 0 Å². The molecule has 2 amide bonds. The van der Waals surface area contributed by atoms with E-state index in [0.29, 0.717) is 6.04 Å². The van der Waals surface area contributed by atoms with Crippen LogP contribution in [0.3, 0.4) is 0 Å². The number of aryl methyl sites for hydroxylation is 2. The number of fused-ring (bicyclic) bond motifs is 3. The molecule has 0 spiro atoms. The van der Waals surface area contributed by atoms with Gasteiger partial charge in [-0.25, -0.2) is 9.10 Å². The molecule has 2 saturated heterocycles. The van der Waals surface area contributed by atoms with Crippen LogP contribution in [0.5, 0.6) is 0 Å². The van der Waals surface area contributed by atoms with E-state index >= 15 is 0 Å². The molecule has 5 nitrogen and oxygen atoms in total. The number of likely N-dealkylation sites (tertiary alicyclic amines) is 1. The quantitative estimate of drug-likeness (QED) is 0.782. The van der Waals surface area contributed by atoms with E-state index in [2.05, 4.69) is 32.4 Å². The van der Waals surface area contributed by atoms with Crippen molar-refractivity contribution in [2.75, 3.05) is 32.0 Å². The third-order valence-corrected chi connectivity index (χ3v) is 7.95. The largest absolute Gasteiger partial charge is 0.330 e. The number of urea groups is 1. The number of piperidine rings is 1. The molecule has 5 rings (SSSR count). The number of hydrogen-bond acceptors (Lipinski definition) is 4. The minimum Gasteiger partial charge on any atom is -0.307 e. The van der Waals surface area contributed by atoms with Gasteiger partial charge < -0.3 is 10.2 Å². The van der Waals surface area contributed by atoms with Crippen molar-refractivity contribution in [3.8, 4) is 0 Å². The third-order valence-electron chi connectivity index (χ3n) is 7.08. The highest BCUT2D eigenvalue weighted by atomic mass is 32.2. The van der Waals surface area contributed by atoms with Crippen LogP contribution in [-0.4, -0.2) is 48.0 Å². The maximum atomic E-state index is 12.7. The van der Waals surface area contributed by atoms with Gasteiger partial charge in [-0.3, -0.25) is 4.72 Å². The molecule has 2 unspecified atom stereocenters. The van der Waals surface area contributed by atoms with Gasteiger partial charge in [-0.2, -0.15) is 0 Å². The van der Waals surface area contributed by atoms with Crippen LogP contribution in [-0.2, 0) is 25.7 Å². The maximum Gasteiger partial charge on any atom is 0.330 e. The highest BCUT2D eigenvalue weighted by molar-refractivity contribution is 7.95. The van der Waals surface area contributed by atoms with E-state index in [9.17, 15) is 4.79 Å². The number of anilines is 1. The fraction of sp³-hybridized carbons (Fsp3) is 0.667. The summed E-state index contributed by atoms with van der Waals surface area (Å²) in [4.78, 5) is 15.1. The summed E-state index contributed by atoms with van der Waals surface area (Å²) in [5.41, 5.74) is 6.84. The molecule has 1 aromatic rings. The minimum atomic E-state index is -0.0729. The predicted molar refractivity (Wildman–Crippen MR) is 111 cm³/mol. The standard InChI is InChI=1S/C21H30N4OS/c1-24-10-8-14-9-11-25(13-19(14)24)27-23-21(26)22-20-17-6-2-4-15(17)12-16-5-3-7-18(16)20/h12,14,19H,2-11,13H2,1H3,(H2,22,23,26). The number of likely N-dealkylation sites (N-methyl/N-ethyl adjacent to an activating group) is 1. The van der Waals surface area contributed by atoms with Gasteiger partial charge in [0.2, 0.25) is 0 Å². The van der Waals surface area contributed by atoms with Crippen molar-refractivity contribution >= 4 is 23.9 Å². The van der Waals surface area contributed by atoms with Crippen molar-refractivity contribution in [3.63, 3.8) is 0 Å². The van der Waals surface area contributed by atoms with Gasteiger partial charge in [0.1, 0.15) is 0 Å². The summed E-state index contributed by atoms with van der Waals surface area (Å²) in [7, 11) is 2.23. The Hall–Kier alpha value is -1.24. The van der Waals surface area contributed by atoms with Crippen LogP contribution in [0.15, 0.2) is 6.07 Å². The van der Waals surface area contributed by atoms with Gasteiger partial charge >= 0.3 is 6.03 Å². The van der Waals surface area contributed by atoms with Gasteiger partial charge in [0, 0.05) is 37.0 Å². The Morgan fingerprint density at radius 2 is 1.78 bits per heavy atom. The van der Waals surface area contributed by atoms with Crippen molar-refractivity contribution in [1.82, 2.24) is 13.9 Å². The van der Waals surface area contributed by atoms with Crippen LogP contribution in [0.4, 0.5) is 10.5 Å². The molecule has 0 bridgehead atoms. The molecule has 2 fully saturated rings. The topological polar surface area (TPSA) is 47.6 Å². The summed E-state index contributed by atoms with van der Waals surface area (Å²) in [6.07, 6.45) is 9.54. The van der Waals surface area contributed by atoms with Gasteiger partial charge in [-0.05, 0) is 93.1 Å². The Bertz CT molecular complexity index is 720. The van der Waals surface area contributed by atoms with E-state index in [1.54, 1.807) is 0 Å². The van der Waals surface area contributed by atoms with Crippen molar-refractivity contribution < 1.29 is 4.79 Å². The fourth-order valence-corrected chi connectivity index (χ4v) is 6.30. The van der Waals surface area contributed by atoms with Crippen molar-refractivity contribution in [3.05, 3.63) is 28.3 Å². The summed E-state index contributed by atoms with van der Waals surface area (Å²) in [6.45, 7) is 3.32. The molecule has 0 radical (unpaired) electrons. The van der Waals surface area contributed by atoms with Gasteiger partial charge in [0.25, 0.3) is 0 Å². The summed E-state index contributed by atoms with van der Waals surface area (Å²) in [5, 5.41) is 3.23. The second kappa shape index (κ2) is 7.30. The highest BCUT2D eigenvalue weighted by Gasteiger charge is 2.36. The lowest BCUT2D eigenvalue weighted by Crippen LogP contribution is -2.45. The molecular weight excluding hydrogens is 356 g/mol. The first kappa shape index (κ1) is 17.8. The predicted octanol–water partition coefficient (Wildman–Crippen LogP) is 3.37. The minimum absolute atomic E-state index is 0.0729. The Morgan fingerprint density at radius 3 is 2.52 bits per heavy atom. The average molecular weight is 387 g/mol. The summed E-state index contributed by atoms with van der Waals surface area (Å²) in [5.74, 6) is 0.843.